The van der Waals surface area contributed by atoms with Crippen LogP contribution in [0.3, 0.4) is 0 Å². The van der Waals surface area contributed by atoms with Crippen LogP contribution in [0, 0.1) is 5.92 Å². The van der Waals surface area contributed by atoms with E-state index in [-0.39, 0.29) is 11.4 Å². The average molecular weight is 276 g/mol. The molecule has 112 valence electrons. The highest BCUT2D eigenvalue weighted by Crippen LogP contribution is 2.21. The zero-order chi connectivity index (χ0) is 15.2. The predicted octanol–water partition coefficient (Wildman–Crippen LogP) is 3.65. The van der Waals surface area contributed by atoms with Crippen molar-refractivity contribution in [1.29, 1.82) is 0 Å². The molecule has 0 unspecified atom stereocenters. The Bertz CT molecular complexity index is 412. The minimum Gasteiger partial charge on any atom is -0.337 e. The van der Waals surface area contributed by atoms with Crippen molar-refractivity contribution in [3.8, 4) is 0 Å². The van der Waals surface area contributed by atoms with Crippen LogP contribution in [0.1, 0.15) is 40.2 Å². The highest BCUT2D eigenvalue weighted by atomic mass is 16.2. The van der Waals surface area contributed by atoms with E-state index in [4.69, 9.17) is 0 Å². The molecular formula is C17H28N2O. The maximum absolute atomic E-state index is 12.2. The normalized spacial score (nSPS) is 11.5. The van der Waals surface area contributed by atoms with Crippen LogP contribution in [-0.4, -0.2) is 30.6 Å². The van der Waals surface area contributed by atoms with E-state index < -0.39 is 0 Å². The molecule has 20 heavy (non-hydrogen) atoms. The zero-order valence-corrected chi connectivity index (χ0v) is 13.4. The number of carbonyl (C=O) groups is 1. The summed E-state index contributed by atoms with van der Waals surface area (Å²) in [4.78, 5) is 14.1. The lowest BCUT2D eigenvalue weighted by molar-refractivity contribution is 0.191. The van der Waals surface area contributed by atoms with Crippen LogP contribution in [0.5, 0.6) is 0 Å². The lowest BCUT2D eigenvalue weighted by Gasteiger charge is -2.29. The molecule has 0 bridgehead atoms. The Labute approximate surface area is 123 Å². The van der Waals surface area contributed by atoms with Crippen LogP contribution in [-0.2, 0) is 5.41 Å². The minimum atomic E-state index is -0.0613. The number of rotatable bonds is 6. The predicted molar refractivity (Wildman–Crippen MR) is 85.0 cm³/mol. The molecule has 0 saturated carbocycles. The number of carbonyl (C=O) groups excluding carboxylic acids is 1. The molecule has 0 atom stereocenters. The van der Waals surface area contributed by atoms with Crippen LogP contribution in [0.4, 0.5) is 4.79 Å². The smallest absolute Gasteiger partial charge is 0.317 e. The second-order valence-corrected chi connectivity index (χ2v) is 6.34. The SMILES string of the molecule is CCN(CC(C)C)C(=O)NCC(C)(C)c1ccccc1. The Morgan fingerprint density at radius 2 is 1.85 bits per heavy atom. The van der Waals surface area contributed by atoms with E-state index in [0.29, 0.717) is 12.5 Å². The molecule has 0 aliphatic rings. The van der Waals surface area contributed by atoms with Crippen molar-refractivity contribution in [1.82, 2.24) is 10.2 Å². The summed E-state index contributed by atoms with van der Waals surface area (Å²) in [6.45, 7) is 12.8. The second-order valence-electron chi connectivity index (χ2n) is 6.34. The highest BCUT2D eigenvalue weighted by molar-refractivity contribution is 5.74. The van der Waals surface area contributed by atoms with Crippen LogP contribution >= 0.6 is 0 Å². The molecule has 0 heterocycles. The molecule has 1 N–H and O–H groups in total. The average Bonchev–Trinajstić information content (AvgIpc) is 2.43. The van der Waals surface area contributed by atoms with Crippen molar-refractivity contribution in [2.45, 2.75) is 40.0 Å². The van der Waals surface area contributed by atoms with Crippen molar-refractivity contribution in [3.63, 3.8) is 0 Å². The Morgan fingerprint density at radius 1 is 1.25 bits per heavy atom. The lowest BCUT2D eigenvalue weighted by atomic mass is 9.85. The first kappa shape index (κ1) is 16.5. The summed E-state index contributed by atoms with van der Waals surface area (Å²) in [5.41, 5.74) is 1.18. The van der Waals surface area contributed by atoms with E-state index in [1.807, 2.05) is 30.0 Å². The number of hydrogen-bond donors (Lipinski definition) is 1. The van der Waals surface area contributed by atoms with E-state index in [9.17, 15) is 4.79 Å². The van der Waals surface area contributed by atoms with E-state index in [1.165, 1.54) is 5.56 Å². The molecule has 1 rings (SSSR count). The molecule has 1 aromatic carbocycles. The lowest BCUT2D eigenvalue weighted by Crippen LogP contribution is -2.45. The van der Waals surface area contributed by atoms with Crippen molar-refractivity contribution in [2.24, 2.45) is 5.92 Å². The van der Waals surface area contributed by atoms with Gasteiger partial charge in [0.25, 0.3) is 0 Å². The Kier molecular flexibility index (Phi) is 6.05. The number of nitrogens with zero attached hydrogens (tertiary/aromatic N) is 1. The number of amides is 2. The van der Waals surface area contributed by atoms with Gasteiger partial charge in [0, 0.05) is 25.0 Å². The third-order valence-electron chi connectivity index (χ3n) is 3.49. The van der Waals surface area contributed by atoms with Gasteiger partial charge in [-0.2, -0.15) is 0 Å². The Balaban J connectivity index is 2.59. The third-order valence-corrected chi connectivity index (χ3v) is 3.49. The van der Waals surface area contributed by atoms with Crippen molar-refractivity contribution < 1.29 is 4.79 Å². The largest absolute Gasteiger partial charge is 0.337 e. The molecule has 1 aromatic rings. The van der Waals surface area contributed by atoms with Gasteiger partial charge in [-0.3, -0.25) is 0 Å². The fraction of sp³-hybridized carbons (Fsp3) is 0.588. The van der Waals surface area contributed by atoms with Gasteiger partial charge < -0.3 is 10.2 Å². The Hall–Kier alpha value is -1.51. The number of nitrogens with one attached hydrogen (secondary N) is 1. The van der Waals surface area contributed by atoms with Gasteiger partial charge in [0.15, 0.2) is 0 Å². The van der Waals surface area contributed by atoms with Gasteiger partial charge in [-0.1, -0.05) is 58.0 Å². The van der Waals surface area contributed by atoms with Crippen LogP contribution in [0.2, 0.25) is 0 Å². The standard InChI is InChI=1S/C17H28N2O/c1-6-19(12-14(2)3)16(20)18-13-17(4,5)15-10-8-7-9-11-15/h7-11,14H,6,12-13H2,1-5H3,(H,18,20). The Morgan fingerprint density at radius 3 is 2.35 bits per heavy atom. The summed E-state index contributed by atoms with van der Waals surface area (Å²) >= 11 is 0. The minimum absolute atomic E-state index is 0.0326. The number of benzene rings is 1. The first-order valence-corrected chi connectivity index (χ1v) is 7.45. The molecule has 3 heteroatoms. The van der Waals surface area contributed by atoms with Gasteiger partial charge in [-0.25, -0.2) is 4.79 Å². The van der Waals surface area contributed by atoms with Gasteiger partial charge in [0.05, 0.1) is 0 Å². The molecule has 0 fully saturated rings. The first-order chi connectivity index (χ1) is 9.36. The molecule has 2 amide bonds. The maximum atomic E-state index is 12.2. The van der Waals surface area contributed by atoms with Crippen molar-refractivity contribution >= 4 is 6.03 Å². The topological polar surface area (TPSA) is 32.3 Å². The first-order valence-electron chi connectivity index (χ1n) is 7.45. The quantitative estimate of drug-likeness (QED) is 0.845. The maximum Gasteiger partial charge on any atom is 0.317 e. The molecule has 3 nitrogen and oxygen atoms in total. The van der Waals surface area contributed by atoms with E-state index in [0.717, 1.165) is 13.1 Å². The van der Waals surface area contributed by atoms with Gasteiger partial charge in [0.2, 0.25) is 0 Å². The van der Waals surface area contributed by atoms with E-state index >= 15 is 0 Å². The molecule has 0 aliphatic carbocycles. The highest BCUT2D eigenvalue weighted by Gasteiger charge is 2.22. The summed E-state index contributed by atoms with van der Waals surface area (Å²) in [5, 5.41) is 3.06. The molecule has 0 saturated heterocycles. The van der Waals surface area contributed by atoms with Crippen LogP contribution < -0.4 is 5.32 Å². The molecule has 0 aromatic heterocycles. The van der Waals surface area contributed by atoms with Crippen molar-refractivity contribution in [2.75, 3.05) is 19.6 Å². The fourth-order valence-corrected chi connectivity index (χ4v) is 2.20. The fourth-order valence-electron chi connectivity index (χ4n) is 2.20. The molecule has 0 spiro atoms. The van der Waals surface area contributed by atoms with Crippen molar-refractivity contribution in [3.05, 3.63) is 35.9 Å². The summed E-state index contributed by atoms with van der Waals surface area (Å²) in [6.07, 6.45) is 0. The summed E-state index contributed by atoms with van der Waals surface area (Å²) in [6, 6.07) is 10.3. The van der Waals surface area contributed by atoms with E-state index in [1.54, 1.807) is 0 Å². The molecular weight excluding hydrogens is 248 g/mol. The monoisotopic (exact) mass is 276 g/mol. The summed E-state index contributed by atoms with van der Waals surface area (Å²) in [5.74, 6) is 0.489. The number of hydrogen-bond acceptors (Lipinski definition) is 1. The van der Waals surface area contributed by atoms with Crippen LogP contribution in [0.15, 0.2) is 30.3 Å². The van der Waals surface area contributed by atoms with Gasteiger partial charge in [0.1, 0.15) is 0 Å². The van der Waals surface area contributed by atoms with Crippen LogP contribution in [0.25, 0.3) is 0 Å². The summed E-state index contributed by atoms with van der Waals surface area (Å²) in [7, 11) is 0. The molecule has 0 aliphatic heterocycles. The zero-order valence-electron chi connectivity index (χ0n) is 13.4. The van der Waals surface area contributed by atoms with E-state index in [2.05, 4.69) is 45.1 Å². The third kappa shape index (κ3) is 4.87. The van der Waals surface area contributed by atoms with Gasteiger partial charge in [-0.15, -0.1) is 0 Å². The number of urea groups is 1. The summed E-state index contributed by atoms with van der Waals surface area (Å²) < 4.78 is 0. The second kappa shape index (κ2) is 7.32. The molecule has 0 radical (unpaired) electrons. The van der Waals surface area contributed by atoms with Gasteiger partial charge >= 0.3 is 6.03 Å². The van der Waals surface area contributed by atoms with Gasteiger partial charge in [-0.05, 0) is 18.4 Å².